The first-order chi connectivity index (χ1) is 7.39. The number of fused-ring (bicyclic) bond motifs is 1. The second-order valence-electron chi connectivity index (χ2n) is 3.59. The molecule has 0 amide bonds. The summed E-state index contributed by atoms with van der Waals surface area (Å²) in [6.45, 7) is 0. The van der Waals surface area contributed by atoms with Crippen molar-refractivity contribution in [2.24, 2.45) is 0 Å². The van der Waals surface area contributed by atoms with Crippen LogP contribution in [-0.2, 0) is 9.84 Å². The predicted octanol–water partition coefficient (Wildman–Crippen LogP) is -0.339. The Balaban J connectivity index is 2.59. The lowest BCUT2D eigenvalue weighted by Gasteiger charge is -2.27. The third-order valence-corrected chi connectivity index (χ3v) is 3.14. The molecule has 0 aliphatic carbocycles. The average Bonchev–Trinajstić information content (AvgIpc) is 2.22. The molecule has 0 saturated heterocycles. The van der Waals surface area contributed by atoms with Crippen molar-refractivity contribution >= 4 is 21.7 Å². The smallest absolute Gasteiger partial charge is 0.248 e. The van der Waals surface area contributed by atoms with Crippen LogP contribution in [0.2, 0.25) is 0 Å². The van der Waals surface area contributed by atoms with Gasteiger partial charge in [-0.3, -0.25) is 0 Å². The maximum atomic E-state index is 11.3. The molecule has 1 aliphatic heterocycles. The largest absolute Gasteiger partial charge is 0.370 e. The zero-order valence-electron chi connectivity index (χ0n) is 8.82. The Bertz CT molecular complexity index is 553. The van der Waals surface area contributed by atoms with Crippen LogP contribution in [-0.4, -0.2) is 43.0 Å². The predicted molar refractivity (Wildman–Crippen MR) is 58.6 cm³/mol. The van der Waals surface area contributed by atoms with E-state index in [2.05, 4.69) is 9.97 Å². The fourth-order valence-corrected chi connectivity index (χ4v) is 1.89. The topological polar surface area (TPSA) is 83.4 Å². The van der Waals surface area contributed by atoms with E-state index in [1.54, 1.807) is 19.2 Å². The van der Waals surface area contributed by atoms with Gasteiger partial charge in [0.1, 0.15) is 12.0 Å². The van der Waals surface area contributed by atoms with Crippen LogP contribution in [0.25, 0.3) is 6.08 Å². The van der Waals surface area contributed by atoms with Crippen LogP contribution in [0, 0.1) is 0 Å². The number of aliphatic hydroxyl groups is 1. The summed E-state index contributed by atoms with van der Waals surface area (Å²) in [6.07, 6.45) is 4.91. The number of aliphatic hydroxyl groups excluding tert-OH is 1. The molecule has 0 aromatic carbocycles. The SMILES string of the molecule is CN1c2nc(S(C)(=O)=O)ncc2C=CC1O. The van der Waals surface area contributed by atoms with Gasteiger partial charge in [0.15, 0.2) is 0 Å². The van der Waals surface area contributed by atoms with Crippen molar-refractivity contribution in [1.29, 1.82) is 0 Å². The van der Waals surface area contributed by atoms with E-state index in [9.17, 15) is 13.5 Å². The van der Waals surface area contributed by atoms with Crippen LogP contribution < -0.4 is 4.90 Å². The molecule has 0 saturated carbocycles. The molecule has 6 nitrogen and oxygen atoms in total. The van der Waals surface area contributed by atoms with Crippen molar-refractivity contribution in [3.05, 3.63) is 17.8 Å². The molecule has 1 atom stereocenters. The molecular weight excluding hydrogens is 230 g/mol. The number of aromatic nitrogens is 2. The van der Waals surface area contributed by atoms with Crippen LogP contribution in [0.3, 0.4) is 0 Å². The van der Waals surface area contributed by atoms with Crippen molar-refractivity contribution in [2.45, 2.75) is 11.4 Å². The van der Waals surface area contributed by atoms with Crippen LogP contribution in [0.5, 0.6) is 0 Å². The van der Waals surface area contributed by atoms with Crippen LogP contribution in [0.15, 0.2) is 17.4 Å². The van der Waals surface area contributed by atoms with Gasteiger partial charge in [-0.2, -0.15) is 0 Å². The summed E-state index contributed by atoms with van der Waals surface area (Å²) in [5.74, 6) is 0.408. The van der Waals surface area contributed by atoms with Crippen molar-refractivity contribution in [1.82, 2.24) is 9.97 Å². The highest BCUT2D eigenvalue weighted by molar-refractivity contribution is 7.90. The van der Waals surface area contributed by atoms with Crippen LogP contribution in [0.1, 0.15) is 5.56 Å². The van der Waals surface area contributed by atoms with E-state index in [-0.39, 0.29) is 5.16 Å². The van der Waals surface area contributed by atoms with Gasteiger partial charge in [0.2, 0.25) is 15.0 Å². The van der Waals surface area contributed by atoms with E-state index in [0.717, 1.165) is 6.26 Å². The Morgan fingerprint density at radius 3 is 2.81 bits per heavy atom. The van der Waals surface area contributed by atoms with Gasteiger partial charge in [0.25, 0.3) is 0 Å². The minimum atomic E-state index is -3.43. The summed E-state index contributed by atoms with van der Waals surface area (Å²) in [4.78, 5) is 9.17. The lowest BCUT2D eigenvalue weighted by molar-refractivity contribution is 0.222. The van der Waals surface area contributed by atoms with E-state index in [1.807, 2.05) is 0 Å². The van der Waals surface area contributed by atoms with Gasteiger partial charge in [0, 0.05) is 25.1 Å². The molecule has 7 heteroatoms. The van der Waals surface area contributed by atoms with Crippen molar-refractivity contribution in [3.8, 4) is 0 Å². The van der Waals surface area contributed by atoms with Gasteiger partial charge in [-0.15, -0.1) is 0 Å². The highest BCUT2D eigenvalue weighted by atomic mass is 32.2. The molecule has 0 fully saturated rings. The minimum Gasteiger partial charge on any atom is -0.370 e. The second kappa shape index (κ2) is 3.53. The number of hydrogen-bond acceptors (Lipinski definition) is 6. The summed E-state index contributed by atoms with van der Waals surface area (Å²) in [6, 6.07) is 0. The van der Waals surface area contributed by atoms with E-state index < -0.39 is 16.1 Å². The van der Waals surface area contributed by atoms with E-state index in [0.29, 0.717) is 11.4 Å². The number of hydrogen-bond donors (Lipinski definition) is 1. The molecule has 2 rings (SSSR count). The summed E-state index contributed by atoms with van der Waals surface area (Å²) in [5, 5.41) is 9.31. The van der Waals surface area contributed by atoms with Crippen molar-refractivity contribution < 1.29 is 13.5 Å². The Morgan fingerprint density at radius 2 is 2.19 bits per heavy atom. The van der Waals surface area contributed by atoms with Gasteiger partial charge >= 0.3 is 0 Å². The van der Waals surface area contributed by atoms with Gasteiger partial charge in [-0.1, -0.05) is 0 Å². The Hall–Kier alpha value is -1.47. The first-order valence-corrected chi connectivity index (χ1v) is 6.45. The number of sulfone groups is 1. The first kappa shape index (κ1) is 11.0. The fraction of sp³-hybridized carbons (Fsp3) is 0.333. The molecule has 1 aliphatic rings. The Morgan fingerprint density at radius 1 is 1.50 bits per heavy atom. The molecule has 86 valence electrons. The van der Waals surface area contributed by atoms with E-state index in [4.69, 9.17) is 0 Å². The zero-order valence-corrected chi connectivity index (χ0v) is 9.64. The number of rotatable bonds is 1. The molecular formula is C9H11N3O3S. The second-order valence-corrected chi connectivity index (χ2v) is 5.50. The lowest BCUT2D eigenvalue weighted by atomic mass is 10.2. The van der Waals surface area contributed by atoms with Gasteiger partial charge < -0.3 is 10.0 Å². The minimum absolute atomic E-state index is 0.236. The standard InChI is InChI=1S/C9H11N3O3S/c1-12-7(13)4-3-6-5-10-9(11-8(6)12)16(2,14)15/h3-5,7,13H,1-2H3. The van der Waals surface area contributed by atoms with E-state index in [1.165, 1.54) is 11.1 Å². The highest BCUT2D eigenvalue weighted by Gasteiger charge is 2.21. The molecule has 0 bridgehead atoms. The maximum absolute atomic E-state index is 11.3. The summed E-state index contributed by atoms with van der Waals surface area (Å²) in [7, 11) is -1.80. The first-order valence-electron chi connectivity index (χ1n) is 4.56. The van der Waals surface area contributed by atoms with Crippen LogP contribution >= 0.6 is 0 Å². The molecule has 0 spiro atoms. The van der Waals surface area contributed by atoms with Crippen molar-refractivity contribution in [2.75, 3.05) is 18.2 Å². The summed E-state index contributed by atoms with van der Waals surface area (Å²) in [5.41, 5.74) is 0.681. The number of anilines is 1. The maximum Gasteiger partial charge on any atom is 0.248 e. The third-order valence-electron chi connectivity index (χ3n) is 2.28. The number of likely N-dealkylation sites (N-methyl/N-ethyl adjacent to an activating group) is 1. The Kier molecular flexibility index (Phi) is 2.43. The van der Waals surface area contributed by atoms with Crippen molar-refractivity contribution in [3.63, 3.8) is 0 Å². The molecule has 1 unspecified atom stereocenters. The van der Waals surface area contributed by atoms with Crippen LogP contribution in [0.4, 0.5) is 5.82 Å². The third kappa shape index (κ3) is 1.79. The molecule has 16 heavy (non-hydrogen) atoms. The lowest BCUT2D eigenvalue weighted by Crippen LogP contribution is -2.33. The number of nitrogens with zero attached hydrogens (tertiary/aromatic N) is 3. The average molecular weight is 241 g/mol. The summed E-state index contributed by atoms with van der Waals surface area (Å²) < 4.78 is 22.6. The molecule has 1 aromatic heterocycles. The van der Waals surface area contributed by atoms with Gasteiger partial charge in [-0.05, 0) is 12.2 Å². The molecule has 2 heterocycles. The fourth-order valence-electron chi connectivity index (χ4n) is 1.39. The zero-order chi connectivity index (χ0) is 11.9. The van der Waals surface area contributed by atoms with Gasteiger partial charge in [0.05, 0.1) is 0 Å². The Labute approximate surface area is 93.2 Å². The molecule has 1 N–H and O–H groups in total. The molecule has 0 radical (unpaired) electrons. The highest BCUT2D eigenvalue weighted by Crippen LogP contribution is 2.24. The monoisotopic (exact) mass is 241 g/mol. The molecule has 1 aromatic rings. The summed E-state index contributed by atoms with van der Waals surface area (Å²) >= 11 is 0. The van der Waals surface area contributed by atoms with Gasteiger partial charge in [-0.25, -0.2) is 18.4 Å². The quantitative estimate of drug-likeness (QED) is 0.677. The van der Waals surface area contributed by atoms with E-state index >= 15 is 0 Å². The normalized spacial score (nSPS) is 19.7.